The summed E-state index contributed by atoms with van der Waals surface area (Å²) >= 11 is 0. The molecule has 1 fully saturated rings. The molecule has 0 unspecified atom stereocenters. The molecule has 1 heterocycles. The van der Waals surface area contributed by atoms with E-state index in [4.69, 9.17) is 4.74 Å². The second kappa shape index (κ2) is 9.91. The fourth-order valence-electron chi connectivity index (χ4n) is 4.22. The quantitative estimate of drug-likeness (QED) is 0.200. The monoisotopic (exact) mass is 433 g/mol. The van der Waals surface area contributed by atoms with Gasteiger partial charge in [-0.3, -0.25) is 4.79 Å². The van der Waals surface area contributed by atoms with Gasteiger partial charge in [-0.25, -0.2) is 0 Å². The van der Waals surface area contributed by atoms with Crippen LogP contribution in [-0.2, 0) is 9.53 Å². The van der Waals surface area contributed by atoms with Gasteiger partial charge >= 0.3 is 5.97 Å². The molecular weight excluding hydrogens is 394 g/mol. The molecule has 9 nitrogen and oxygen atoms in total. The fourth-order valence-corrected chi connectivity index (χ4v) is 4.22. The van der Waals surface area contributed by atoms with Gasteiger partial charge in [0.25, 0.3) is 0 Å². The van der Waals surface area contributed by atoms with Crippen molar-refractivity contribution in [3.63, 3.8) is 0 Å². The second-order valence-electron chi connectivity index (χ2n) is 9.31. The minimum Gasteiger partial charge on any atom is -0.459 e. The van der Waals surface area contributed by atoms with Gasteiger partial charge in [0.2, 0.25) is 0 Å². The fraction of sp³-hybridized carbons (Fsp3) is 0.905. The molecule has 0 radical (unpaired) electrons. The van der Waals surface area contributed by atoms with Crippen LogP contribution in [0.25, 0.3) is 0 Å². The number of hydrogen-bond acceptors (Lipinski definition) is 9. The number of hydrogen-bond donors (Lipinski definition) is 6. The van der Waals surface area contributed by atoms with Gasteiger partial charge < -0.3 is 35.5 Å². The van der Waals surface area contributed by atoms with E-state index in [1.807, 2.05) is 0 Å². The lowest BCUT2D eigenvalue weighted by Crippen LogP contribution is -2.57. The van der Waals surface area contributed by atoms with Crippen molar-refractivity contribution >= 4 is 11.7 Å². The molecule has 1 rings (SSSR count). The van der Waals surface area contributed by atoms with Gasteiger partial charge in [0.1, 0.15) is 11.7 Å². The molecule has 0 aromatic rings. The van der Waals surface area contributed by atoms with Crippen molar-refractivity contribution in [3.8, 4) is 0 Å². The predicted octanol–water partition coefficient (Wildman–Crippen LogP) is 0.671. The number of ether oxygens (including phenoxy) is 1. The van der Waals surface area contributed by atoms with Gasteiger partial charge in [-0.1, -0.05) is 32.9 Å². The molecule has 0 aromatic carbocycles. The Morgan fingerprint density at radius 3 is 2.07 bits per heavy atom. The summed E-state index contributed by atoms with van der Waals surface area (Å²) in [6.45, 7) is 10.6. The Morgan fingerprint density at radius 1 is 1.07 bits per heavy atom. The Morgan fingerprint density at radius 2 is 1.60 bits per heavy atom. The molecule has 10 atom stereocenters. The Balaban J connectivity index is 3.52. The highest BCUT2D eigenvalue weighted by Gasteiger charge is 2.48. The third-order valence-corrected chi connectivity index (χ3v) is 6.96. The summed E-state index contributed by atoms with van der Waals surface area (Å²) in [4.78, 5) is 12.6. The van der Waals surface area contributed by atoms with Gasteiger partial charge in [0, 0.05) is 24.2 Å². The zero-order valence-electron chi connectivity index (χ0n) is 19.0. The molecule has 0 saturated carbocycles. The Bertz CT molecular complexity index is 620. The number of nitrogens with zero attached hydrogens (tertiary/aromatic N) is 1. The van der Waals surface area contributed by atoms with E-state index in [1.165, 1.54) is 27.7 Å². The average Bonchev–Trinajstić information content (AvgIpc) is 2.68. The third kappa shape index (κ3) is 5.31. The second-order valence-corrected chi connectivity index (χ2v) is 9.31. The van der Waals surface area contributed by atoms with Gasteiger partial charge in [-0.05, 0) is 27.2 Å². The third-order valence-electron chi connectivity index (χ3n) is 6.96. The first-order valence-corrected chi connectivity index (χ1v) is 10.5. The number of esters is 1. The van der Waals surface area contributed by atoms with Crippen LogP contribution in [0.5, 0.6) is 0 Å². The van der Waals surface area contributed by atoms with Crippen molar-refractivity contribution in [2.75, 3.05) is 0 Å². The number of aliphatic hydroxyl groups is 5. The maximum atomic E-state index is 12.6. The lowest BCUT2D eigenvalue weighted by molar-refractivity contribution is -0.190. The normalized spacial score (nSPS) is 48.8. The highest BCUT2D eigenvalue weighted by Crippen LogP contribution is 2.35. The van der Waals surface area contributed by atoms with Crippen LogP contribution in [-0.4, -0.2) is 78.0 Å². The first-order chi connectivity index (χ1) is 13.6. The first kappa shape index (κ1) is 26.8. The minimum atomic E-state index is -1.90. The molecule has 176 valence electrons. The van der Waals surface area contributed by atoms with Gasteiger partial charge in [-0.2, -0.15) is 0 Å². The van der Waals surface area contributed by atoms with Gasteiger partial charge in [-0.15, -0.1) is 0 Å². The van der Waals surface area contributed by atoms with Crippen molar-refractivity contribution in [1.82, 2.24) is 0 Å². The van der Waals surface area contributed by atoms with Crippen LogP contribution in [0.4, 0.5) is 0 Å². The van der Waals surface area contributed by atoms with Crippen LogP contribution in [0.15, 0.2) is 5.16 Å². The highest BCUT2D eigenvalue weighted by molar-refractivity contribution is 5.89. The standard InChI is InChI=1S/C21H39NO8/c1-8-15-21(7,28)18(25)11(3)16(22-29)13(5)20(6,27)9-14(23)10(2)17(24)12(4)19(26)30-15/h10-15,17-18,23-25,27-29H,8-9H2,1-7H3/b22-16-/t10-,11+,12-,13-,14-,15+,17-,18+,20-,21+/m0/s1. The molecule has 30 heavy (non-hydrogen) atoms. The highest BCUT2D eigenvalue weighted by atomic mass is 16.6. The van der Waals surface area contributed by atoms with Crippen molar-refractivity contribution in [3.05, 3.63) is 0 Å². The predicted molar refractivity (Wildman–Crippen MR) is 110 cm³/mol. The molecule has 0 aliphatic carbocycles. The Kier molecular flexibility index (Phi) is 8.84. The molecule has 0 aromatic heterocycles. The van der Waals surface area contributed by atoms with E-state index in [9.17, 15) is 35.5 Å². The summed E-state index contributed by atoms with van der Waals surface area (Å²) in [6, 6.07) is 0. The molecule has 1 aliphatic heterocycles. The lowest BCUT2D eigenvalue weighted by atomic mass is 9.72. The number of aliphatic hydroxyl groups excluding tert-OH is 3. The Labute approximate surface area is 178 Å². The maximum absolute atomic E-state index is 12.6. The summed E-state index contributed by atoms with van der Waals surface area (Å²) in [5.41, 5.74) is -3.43. The van der Waals surface area contributed by atoms with Crippen LogP contribution >= 0.6 is 0 Å². The number of oxime groups is 1. The van der Waals surface area contributed by atoms with Crippen LogP contribution in [0.2, 0.25) is 0 Å². The Hall–Kier alpha value is -1.26. The molecule has 0 amide bonds. The largest absolute Gasteiger partial charge is 0.459 e. The van der Waals surface area contributed by atoms with Crippen LogP contribution in [0.3, 0.4) is 0 Å². The van der Waals surface area contributed by atoms with Crippen LogP contribution in [0.1, 0.15) is 61.3 Å². The minimum absolute atomic E-state index is 0.0276. The number of carbonyl (C=O) groups is 1. The van der Waals surface area contributed by atoms with Gasteiger partial charge in [0.15, 0.2) is 0 Å². The van der Waals surface area contributed by atoms with E-state index in [-0.39, 0.29) is 18.6 Å². The van der Waals surface area contributed by atoms with Gasteiger partial charge in [0.05, 0.1) is 35.5 Å². The van der Waals surface area contributed by atoms with E-state index in [0.29, 0.717) is 0 Å². The molecular formula is C21H39NO8. The SMILES string of the molecule is CC[C@H]1OC(=O)[C@@H](C)[C@@H](O)[C@@H](C)[C@@H](O)C[C@](C)(O)[C@@H](C)/C(=N\O)[C@@H](C)[C@@H](O)[C@]1(C)O. The maximum Gasteiger partial charge on any atom is 0.311 e. The van der Waals surface area contributed by atoms with Crippen molar-refractivity contribution in [2.24, 2.45) is 28.8 Å². The molecule has 1 saturated heterocycles. The van der Waals surface area contributed by atoms with Crippen molar-refractivity contribution in [2.45, 2.75) is 96.9 Å². The molecule has 0 spiro atoms. The summed E-state index contributed by atoms with van der Waals surface area (Å²) in [5, 5.41) is 67.0. The van der Waals surface area contributed by atoms with E-state index in [1.54, 1.807) is 20.8 Å². The summed E-state index contributed by atoms with van der Waals surface area (Å²) in [7, 11) is 0. The van der Waals surface area contributed by atoms with E-state index in [0.717, 1.165) is 0 Å². The number of rotatable bonds is 1. The summed E-state index contributed by atoms with van der Waals surface area (Å²) in [6.07, 6.45) is -5.02. The zero-order valence-corrected chi connectivity index (χ0v) is 19.0. The molecule has 1 aliphatic rings. The van der Waals surface area contributed by atoms with Crippen LogP contribution < -0.4 is 0 Å². The van der Waals surface area contributed by atoms with E-state index >= 15 is 0 Å². The van der Waals surface area contributed by atoms with Crippen molar-refractivity contribution in [1.29, 1.82) is 0 Å². The zero-order chi connectivity index (χ0) is 23.6. The lowest BCUT2D eigenvalue weighted by Gasteiger charge is -2.42. The summed E-state index contributed by atoms with van der Waals surface area (Å²) < 4.78 is 5.44. The molecule has 9 heteroatoms. The molecule has 0 bridgehead atoms. The van der Waals surface area contributed by atoms with Crippen LogP contribution in [0, 0.1) is 23.7 Å². The number of carbonyl (C=O) groups excluding carboxylic acids is 1. The topological polar surface area (TPSA) is 160 Å². The number of cyclic esters (lactones) is 1. The smallest absolute Gasteiger partial charge is 0.311 e. The van der Waals surface area contributed by atoms with Crippen molar-refractivity contribution < 1.29 is 40.3 Å². The first-order valence-electron chi connectivity index (χ1n) is 10.5. The summed E-state index contributed by atoms with van der Waals surface area (Å²) in [5.74, 6) is -4.26. The van der Waals surface area contributed by atoms with E-state index < -0.39 is 65.3 Å². The van der Waals surface area contributed by atoms with E-state index in [2.05, 4.69) is 5.16 Å². The average molecular weight is 434 g/mol. The molecule has 6 N–H and O–H groups in total.